The monoisotopic (exact) mass is 356 g/mol. The number of amides is 1. The maximum absolute atomic E-state index is 13.0. The van der Waals surface area contributed by atoms with Crippen LogP contribution in [-0.4, -0.2) is 49.6 Å². The number of aromatic nitrogens is 3. The Kier molecular flexibility index (Phi) is 4.26. The highest BCUT2D eigenvalue weighted by atomic mass is 16.3. The smallest absolute Gasteiger partial charge is 0.278 e. The van der Waals surface area contributed by atoms with Crippen LogP contribution in [0.25, 0.3) is 10.9 Å². The predicted octanol–water partition coefficient (Wildman–Crippen LogP) is 1.51. The largest absolute Gasteiger partial charge is 0.389 e. The van der Waals surface area contributed by atoms with Gasteiger partial charge in [-0.15, -0.1) is 5.10 Å². The molecule has 26 heavy (non-hydrogen) atoms. The molecule has 138 valence electrons. The summed E-state index contributed by atoms with van der Waals surface area (Å²) in [4.78, 5) is 27.4. The maximum Gasteiger partial charge on any atom is 0.278 e. The molecule has 3 atom stereocenters. The molecule has 2 fully saturated rings. The Morgan fingerprint density at radius 1 is 1.31 bits per heavy atom. The summed E-state index contributed by atoms with van der Waals surface area (Å²) < 4.78 is 1.17. The number of likely N-dealkylation sites (tertiary alicyclic amines) is 1. The third-order valence-corrected chi connectivity index (χ3v) is 6.05. The standard InChI is InChI=1S/C19H24N4O3/c1-13(23-18(25)15-7-2-3-8-16(15)20-21-23)17(24)22-11-10-19(26)9-5-4-6-14(19)12-22/h2-3,7-8,13-14,26H,4-6,9-12H2,1H3/t13-,14+,19-/m0/s1. The summed E-state index contributed by atoms with van der Waals surface area (Å²) in [6.07, 6.45) is 4.53. The number of carbonyl (C=O) groups excluding carboxylic acids is 1. The zero-order valence-electron chi connectivity index (χ0n) is 15.0. The van der Waals surface area contributed by atoms with Gasteiger partial charge in [-0.05, 0) is 38.3 Å². The first kappa shape index (κ1) is 17.1. The molecule has 1 saturated carbocycles. The lowest BCUT2D eigenvalue weighted by Crippen LogP contribution is -2.55. The fourth-order valence-electron chi connectivity index (χ4n) is 4.40. The van der Waals surface area contributed by atoms with Crippen molar-refractivity contribution in [1.82, 2.24) is 19.9 Å². The van der Waals surface area contributed by atoms with Crippen LogP contribution in [-0.2, 0) is 4.79 Å². The molecule has 2 aliphatic rings. The third kappa shape index (κ3) is 2.80. The number of rotatable bonds is 2. The van der Waals surface area contributed by atoms with E-state index in [2.05, 4.69) is 10.3 Å². The molecular formula is C19H24N4O3. The van der Waals surface area contributed by atoms with Gasteiger partial charge in [0.2, 0.25) is 5.91 Å². The minimum absolute atomic E-state index is 0.126. The van der Waals surface area contributed by atoms with E-state index in [1.54, 1.807) is 36.1 Å². The molecule has 1 aromatic carbocycles. The van der Waals surface area contributed by atoms with Gasteiger partial charge in [-0.2, -0.15) is 4.68 Å². The first-order valence-electron chi connectivity index (χ1n) is 9.35. The second kappa shape index (κ2) is 6.46. The summed E-state index contributed by atoms with van der Waals surface area (Å²) in [5, 5.41) is 19.3. The van der Waals surface area contributed by atoms with Crippen LogP contribution in [0, 0.1) is 5.92 Å². The summed E-state index contributed by atoms with van der Waals surface area (Å²) in [6, 6.07) is 6.29. The quantitative estimate of drug-likeness (QED) is 0.881. The highest BCUT2D eigenvalue weighted by Crippen LogP contribution is 2.40. The Morgan fingerprint density at radius 2 is 2.12 bits per heavy atom. The van der Waals surface area contributed by atoms with E-state index in [1.807, 2.05) is 0 Å². The number of hydrogen-bond acceptors (Lipinski definition) is 5. The van der Waals surface area contributed by atoms with E-state index >= 15 is 0 Å². The van der Waals surface area contributed by atoms with Gasteiger partial charge in [0.25, 0.3) is 5.56 Å². The second-order valence-electron chi connectivity index (χ2n) is 7.61. The van der Waals surface area contributed by atoms with E-state index in [0.29, 0.717) is 30.4 Å². The van der Waals surface area contributed by atoms with Gasteiger partial charge in [0, 0.05) is 19.0 Å². The van der Waals surface area contributed by atoms with Crippen molar-refractivity contribution in [1.29, 1.82) is 0 Å². The van der Waals surface area contributed by atoms with Gasteiger partial charge in [0.15, 0.2) is 0 Å². The van der Waals surface area contributed by atoms with Crippen LogP contribution in [0.15, 0.2) is 29.1 Å². The molecule has 7 nitrogen and oxygen atoms in total. The SMILES string of the molecule is C[C@@H](C(=O)N1CC[C@@]2(O)CCCC[C@@H]2C1)n1nnc2ccccc2c1=O. The number of aliphatic hydroxyl groups is 1. The molecule has 1 aliphatic carbocycles. The summed E-state index contributed by atoms with van der Waals surface area (Å²) in [5.41, 5.74) is -0.404. The van der Waals surface area contributed by atoms with Gasteiger partial charge in [0.05, 0.1) is 11.0 Å². The molecule has 2 heterocycles. The zero-order valence-corrected chi connectivity index (χ0v) is 15.0. The average molecular weight is 356 g/mol. The van der Waals surface area contributed by atoms with Crippen molar-refractivity contribution in [2.24, 2.45) is 5.92 Å². The maximum atomic E-state index is 13.0. The number of piperidine rings is 1. The van der Waals surface area contributed by atoms with Crippen LogP contribution in [0.3, 0.4) is 0 Å². The van der Waals surface area contributed by atoms with Crippen molar-refractivity contribution in [2.75, 3.05) is 13.1 Å². The Bertz CT molecular complexity index is 896. The Hall–Kier alpha value is -2.28. The zero-order chi connectivity index (χ0) is 18.3. The van der Waals surface area contributed by atoms with Crippen LogP contribution in [0.5, 0.6) is 0 Å². The first-order chi connectivity index (χ1) is 12.5. The number of nitrogens with zero attached hydrogens (tertiary/aromatic N) is 4. The van der Waals surface area contributed by atoms with E-state index in [9.17, 15) is 14.7 Å². The van der Waals surface area contributed by atoms with Crippen LogP contribution < -0.4 is 5.56 Å². The molecule has 0 bridgehead atoms. The van der Waals surface area contributed by atoms with E-state index in [4.69, 9.17) is 0 Å². The summed E-state index contributed by atoms with van der Waals surface area (Å²) in [6.45, 7) is 2.76. The van der Waals surface area contributed by atoms with E-state index < -0.39 is 11.6 Å². The number of hydrogen-bond donors (Lipinski definition) is 1. The number of benzene rings is 1. The van der Waals surface area contributed by atoms with Crippen LogP contribution in [0.2, 0.25) is 0 Å². The van der Waals surface area contributed by atoms with Crippen molar-refractivity contribution >= 4 is 16.8 Å². The number of carbonyl (C=O) groups is 1. The molecule has 4 rings (SSSR count). The molecule has 1 aromatic heterocycles. The van der Waals surface area contributed by atoms with Crippen LogP contribution in [0.1, 0.15) is 45.1 Å². The fraction of sp³-hybridized carbons (Fsp3) is 0.579. The highest BCUT2D eigenvalue weighted by Gasteiger charge is 2.44. The van der Waals surface area contributed by atoms with Crippen LogP contribution >= 0.6 is 0 Å². The molecule has 1 amide bonds. The lowest BCUT2D eigenvalue weighted by molar-refractivity contribution is -0.146. The second-order valence-corrected chi connectivity index (χ2v) is 7.61. The topological polar surface area (TPSA) is 88.3 Å². The molecule has 0 radical (unpaired) electrons. The Labute approximate surface area is 151 Å². The summed E-state index contributed by atoms with van der Waals surface area (Å²) in [7, 11) is 0. The Balaban J connectivity index is 1.57. The van der Waals surface area contributed by atoms with Gasteiger partial charge in [-0.1, -0.05) is 30.2 Å². The lowest BCUT2D eigenvalue weighted by Gasteiger charge is -2.47. The van der Waals surface area contributed by atoms with Gasteiger partial charge >= 0.3 is 0 Å². The highest BCUT2D eigenvalue weighted by molar-refractivity contribution is 5.81. The minimum Gasteiger partial charge on any atom is -0.389 e. The minimum atomic E-state index is -0.714. The van der Waals surface area contributed by atoms with E-state index in [1.165, 1.54) is 4.68 Å². The van der Waals surface area contributed by atoms with Gasteiger partial charge in [0.1, 0.15) is 11.6 Å². The lowest BCUT2D eigenvalue weighted by atomic mass is 9.71. The van der Waals surface area contributed by atoms with Crippen molar-refractivity contribution < 1.29 is 9.90 Å². The molecule has 0 unspecified atom stereocenters. The average Bonchev–Trinajstić information content (AvgIpc) is 2.66. The molecule has 7 heteroatoms. The molecule has 1 aliphatic heterocycles. The molecular weight excluding hydrogens is 332 g/mol. The first-order valence-corrected chi connectivity index (χ1v) is 9.35. The van der Waals surface area contributed by atoms with Gasteiger partial charge < -0.3 is 10.0 Å². The van der Waals surface area contributed by atoms with Crippen molar-refractivity contribution in [3.63, 3.8) is 0 Å². The molecule has 1 saturated heterocycles. The number of fused-ring (bicyclic) bond motifs is 2. The summed E-state index contributed by atoms with van der Waals surface area (Å²) >= 11 is 0. The normalized spacial score (nSPS) is 27.2. The molecule has 1 N–H and O–H groups in total. The van der Waals surface area contributed by atoms with Gasteiger partial charge in [-0.25, -0.2) is 0 Å². The van der Waals surface area contributed by atoms with Crippen molar-refractivity contribution in [2.45, 2.75) is 50.7 Å². The fourth-order valence-corrected chi connectivity index (χ4v) is 4.40. The van der Waals surface area contributed by atoms with E-state index in [-0.39, 0.29) is 17.4 Å². The molecule has 0 spiro atoms. The van der Waals surface area contributed by atoms with Gasteiger partial charge in [-0.3, -0.25) is 9.59 Å². The Morgan fingerprint density at radius 3 is 2.96 bits per heavy atom. The third-order valence-electron chi connectivity index (χ3n) is 6.05. The molecule has 2 aromatic rings. The van der Waals surface area contributed by atoms with Crippen molar-refractivity contribution in [3.8, 4) is 0 Å². The predicted molar refractivity (Wildman–Crippen MR) is 96.6 cm³/mol. The summed E-state index contributed by atoms with van der Waals surface area (Å²) in [5.74, 6) is -0.00938. The van der Waals surface area contributed by atoms with Crippen LogP contribution in [0.4, 0.5) is 0 Å². The van der Waals surface area contributed by atoms with Crippen molar-refractivity contribution in [3.05, 3.63) is 34.6 Å². The van der Waals surface area contributed by atoms with E-state index in [0.717, 1.165) is 25.7 Å².